The summed E-state index contributed by atoms with van der Waals surface area (Å²) in [6, 6.07) is 21.9. The minimum atomic E-state index is -0.541. The maximum atomic E-state index is 12.1. The highest BCUT2D eigenvalue weighted by atomic mass is 16.6. The summed E-state index contributed by atoms with van der Waals surface area (Å²) in [7, 11) is 0. The van der Waals surface area contributed by atoms with Crippen molar-refractivity contribution in [2.45, 2.75) is 13.1 Å². The highest BCUT2D eigenvalue weighted by molar-refractivity contribution is 5.95. The Labute approximate surface area is 167 Å². The molecule has 3 aromatic carbocycles. The molecule has 1 aliphatic heterocycles. The molecule has 0 saturated heterocycles. The van der Waals surface area contributed by atoms with Gasteiger partial charge >= 0.3 is 0 Å². The number of nitro groups is 1. The van der Waals surface area contributed by atoms with Gasteiger partial charge in [-0.3, -0.25) is 14.9 Å². The highest BCUT2D eigenvalue weighted by Gasteiger charge is 2.18. The van der Waals surface area contributed by atoms with Crippen molar-refractivity contribution in [3.8, 4) is 0 Å². The van der Waals surface area contributed by atoms with Crippen LogP contribution in [-0.2, 0) is 13.1 Å². The number of nitrogens with zero attached hydrogens (tertiary/aromatic N) is 3. The molecule has 0 aliphatic carbocycles. The van der Waals surface area contributed by atoms with E-state index >= 15 is 0 Å². The van der Waals surface area contributed by atoms with Crippen molar-refractivity contribution in [3.05, 3.63) is 105 Å². The quantitative estimate of drug-likeness (QED) is 0.409. The molecule has 0 atom stereocenters. The number of rotatable bonds is 5. The number of nitrogens with one attached hydrogen (secondary N) is 1. The second kappa shape index (κ2) is 7.93. The number of nitro benzene ring substituents is 1. The minimum absolute atomic E-state index is 0.138. The fraction of sp³-hybridized carbons (Fsp3) is 0.0909. The summed E-state index contributed by atoms with van der Waals surface area (Å²) >= 11 is 0. The van der Waals surface area contributed by atoms with E-state index in [1.807, 2.05) is 24.3 Å². The van der Waals surface area contributed by atoms with Gasteiger partial charge in [-0.2, -0.15) is 5.10 Å². The third-order valence-electron chi connectivity index (χ3n) is 4.80. The molecule has 7 nitrogen and oxygen atoms in total. The van der Waals surface area contributed by atoms with Crippen molar-refractivity contribution in [2.75, 3.05) is 4.90 Å². The third-order valence-corrected chi connectivity index (χ3v) is 4.80. The van der Waals surface area contributed by atoms with Crippen molar-refractivity contribution in [1.82, 2.24) is 5.43 Å². The standard InChI is InChI=1S/C22H18N4O3/c27-22(17-6-3-7-21(12-17)26(28)29)24-23-13-16-8-10-20(11-9-16)25-14-18-4-1-2-5-19(18)15-25/h1-13H,14-15H2,(H,24,27)/b23-13-. The van der Waals surface area contributed by atoms with E-state index in [9.17, 15) is 14.9 Å². The number of amides is 1. The first-order valence-electron chi connectivity index (χ1n) is 9.10. The Balaban J connectivity index is 1.37. The van der Waals surface area contributed by atoms with E-state index in [1.54, 1.807) is 0 Å². The zero-order valence-corrected chi connectivity index (χ0v) is 15.5. The topological polar surface area (TPSA) is 87.8 Å². The molecule has 0 unspecified atom stereocenters. The van der Waals surface area contributed by atoms with Gasteiger partial charge in [0.15, 0.2) is 0 Å². The van der Waals surface area contributed by atoms with Gasteiger partial charge in [0.2, 0.25) is 0 Å². The van der Waals surface area contributed by atoms with Crippen LogP contribution in [0, 0.1) is 10.1 Å². The van der Waals surface area contributed by atoms with E-state index in [0.29, 0.717) is 0 Å². The molecule has 3 aromatic rings. The third kappa shape index (κ3) is 4.14. The van der Waals surface area contributed by atoms with Crippen LogP contribution in [0.4, 0.5) is 11.4 Å². The van der Waals surface area contributed by atoms with Crippen LogP contribution in [0.15, 0.2) is 77.9 Å². The molecule has 0 saturated carbocycles. The molecule has 1 N–H and O–H groups in total. The van der Waals surface area contributed by atoms with E-state index in [1.165, 1.54) is 41.6 Å². The maximum absolute atomic E-state index is 12.1. The minimum Gasteiger partial charge on any atom is -0.363 e. The molecule has 0 fully saturated rings. The summed E-state index contributed by atoms with van der Waals surface area (Å²) in [6.45, 7) is 1.78. The zero-order valence-electron chi connectivity index (χ0n) is 15.5. The molecule has 1 heterocycles. The fourth-order valence-electron chi connectivity index (χ4n) is 3.28. The molecular formula is C22H18N4O3. The lowest BCUT2D eigenvalue weighted by Crippen LogP contribution is -2.17. The number of hydrogen-bond donors (Lipinski definition) is 1. The fourth-order valence-corrected chi connectivity index (χ4v) is 3.28. The number of carbonyl (C=O) groups is 1. The molecule has 0 bridgehead atoms. The second-order valence-corrected chi connectivity index (χ2v) is 6.72. The van der Waals surface area contributed by atoms with Crippen LogP contribution in [0.3, 0.4) is 0 Å². The SMILES string of the molecule is O=C(N/N=C\c1ccc(N2Cc3ccccc3C2)cc1)c1cccc([N+](=O)[O-])c1. The Morgan fingerprint density at radius 2 is 1.69 bits per heavy atom. The Hall–Kier alpha value is -4.00. The highest BCUT2D eigenvalue weighted by Crippen LogP contribution is 2.27. The smallest absolute Gasteiger partial charge is 0.271 e. The second-order valence-electron chi connectivity index (χ2n) is 6.72. The number of carbonyl (C=O) groups excluding carboxylic acids is 1. The molecule has 4 rings (SSSR count). The number of hydrazone groups is 1. The first-order valence-corrected chi connectivity index (χ1v) is 9.10. The van der Waals surface area contributed by atoms with Gasteiger partial charge in [-0.1, -0.05) is 42.5 Å². The van der Waals surface area contributed by atoms with E-state index in [2.05, 4.69) is 39.7 Å². The molecule has 144 valence electrons. The predicted octanol–water partition coefficient (Wildman–Crippen LogP) is 3.88. The average Bonchev–Trinajstić information content (AvgIpc) is 3.18. The lowest BCUT2D eigenvalue weighted by molar-refractivity contribution is -0.384. The van der Waals surface area contributed by atoms with Crippen LogP contribution < -0.4 is 10.3 Å². The molecule has 1 aliphatic rings. The summed E-state index contributed by atoms with van der Waals surface area (Å²) in [5, 5.41) is 14.7. The van der Waals surface area contributed by atoms with Gasteiger partial charge in [0.25, 0.3) is 11.6 Å². The van der Waals surface area contributed by atoms with Gasteiger partial charge in [0, 0.05) is 36.5 Å². The Bertz CT molecular complexity index is 1070. The summed E-state index contributed by atoms with van der Waals surface area (Å²) in [5.74, 6) is -0.503. The normalized spacial score (nSPS) is 12.8. The molecule has 1 amide bonds. The van der Waals surface area contributed by atoms with E-state index < -0.39 is 10.8 Å². The first kappa shape index (κ1) is 18.4. The van der Waals surface area contributed by atoms with Crippen molar-refractivity contribution in [1.29, 1.82) is 0 Å². The number of anilines is 1. The van der Waals surface area contributed by atoms with E-state index in [0.717, 1.165) is 24.3 Å². The first-order chi connectivity index (χ1) is 14.1. The van der Waals surface area contributed by atoms with E-state index in [-0.39, 0.29) is 11.3 Å². The number of fused-ring (bicyclic) bond motifs is 1. The largest absolute Gasteiger partial charge is 0.363 e. The summed E-state index contributed by atoms with van der Waals surface area (Å²) in [5.41, 5.74) is 7.10. The molecule has 0 radical (unpaired) electrons. The van der Waals surface area contributed by atoms with Crippen LogP contribution in [0.1, 0.15) is 27.0 Å². The van der Waals surface area contributed by atoms with Crippen LogP contribution >= 0.6 is 0 Å². The molecule has 0 aromatic heterocycles. The van der Waals surface area contributed by atoms with Crippen molar-refractivity contribution < 1.29 is 9.72 Å². The van der Waals surface area contributed by atoms with Crippen LogP contribution in [-0.4, -0.2) is 17.0 Å². The zero-order chi connectivity index (χ0) is 20.2. The summed E-state index contributed by atoms with van der Waals surface area (Å²) in [4.78, 5) is 24.7. The molecule has 7 heteroatoms. The van der Waals surface area contributed by atoms with Crippen LogP contribution in [0.2, 0.25) is 0 Å². The van der Waals surface area contributed by atoms with Gasteiger partial charge < -0.3 is 4.90 Å². The van der Waals surface area contributed by atoms with Crippen molar-refractivity contribution in [2.24, 2.45) is 5.10 Å². The monoisotopic (exact) mass is 386 g/mol. The van der Waals surface area contributed by atoms with Gasteiger partial charge in [0.05, 0.1) is 11.1 Å². The summed E-state index contributed by atoms with van der Waals surface area (Å²) < 4.78 is 0. The van der Waals surface area contributed by atoms with Gasteiger partial charge in [-0.15, -0.1) is 0 Å². The van der Waals surface area contributed by atoms with E-state index in [4.69, 9.17) is 0 Å². The number of benzene rings is 3. The van der Waals surface area contributed by atoms with Crippen LogP contribution in [0.5, 0.6) is 0 Å². The lowest BCUT2D eigenvalue weighted by Gasteiger charge is -2.17. The maximum Gasteiger partial charge on any atom is 0.271 e. The summed E-state index contributed by atoms with van der Waals surface area (Å²) in [6.07, 6.45) is 1.54. The predicted molar refractivity (Wildman–Crippen MR) is 111 cm³/mol. The Kier molecular flexibility index (Phi) is 5.03. The van der Waals surface area contributed by atoms with Gasteiger partial charge in [-0.05, 0) is 34.9 Å². The molecular weight excluding hydrogens is 368 g/mol. The lowest BCUT2D eigenvalue weighted by atomic mass is 10.1. The number of non-ortho nitro benzene ring substituents is 1. The average molecular weight is 386 g/mol. The Morgan fingerprint density at radius 1 is 1.00 bits per heavy atom. The van der Waals surface area contributed by atoms with Gasteiger partial charge in [0.1, 0.15) is 0 Å². The van der Waals surface area contributed by atoms with Crippen LogP contribution in [0.25, 0.3) is 0 Å². The van der Waals surface area contributed by atoms with Gasteiger partial charge in [-0.25, -0.2) is 5.43 Å². The molecule has 29 heavy (non-hydrogen) atoms. The number of hydrogen-bond acceptors (Lipinski definition) is 5. The van der Waals surface area contributed by atoms with Crippen molar-refractivity contribution in [3.63, 3.8) is 0 Å². The Morgan fingerprint density at radius 3 is 2.34 bits per heavy atom. The molecule has 0 spiro atoms. The van der Waals surface area contributed by atoms with Crippen molar-refractivity contribution >= 4 is 23.5 Å².